The smallest absolute Gasteiger partial charge is 0.305 e. The Labute approximate surface area is 294 Å². The highest BCUT2D eigenvalue weighted by molar-refractivity contribution is 5.69. The minimum atomic E-state index is -0.941. The normalized spacial score (nSPS) is 12.5. The zero-order valence-corrected chi connectivity index (χ0v) is 30.3. The number of methoxy groups -OCH3 is 1. The van der Waals surface area contributed by atoms with Crippen molar-refractivity contribution in [1.29, 1.82) is 0 Å². The van der Waals surface area contributed by atoms with Crippen molar-refractivity contribution in [3.05, 3.63) is 84.0 Å². The molecule has 272 valence electrons. The molecule has 0 amide bonds. The molecule has 2 unspecified atom stereocenters. The standard InChI is InChI=1S/C41H60O8/c1-7-18-31-26-33(22-24-37(31)46-6)41(4,5)34-23-25-38(32(27-34)19-8-2)47-29-36(43)30-49-40(45)21-17-15-13-11-10-12-14-16-20-39(44)48-28-35(42)9-3/h7-8,22-27,35-36,42-43H,1-2,9-21,28-30H2,3-6H3. The second-order valence-corrected chi connectivity index (χ2v) is 13.2. The van der Waals surface area contributed by atoms with Crippen LogP contribution in [0.5, 0.6) is 11.5 Å². The molecule has 0 heterocycles. The molecule has 2 aromatic rings. The van der Waals surface area contributed by atoms with Gasteiger partial charge in [0, 0.05) is 18.3 Å². The number of esters is 2. The number of hydrogen-bond acceptors (Lipinski definition) is 8. The summed E-state index contributed by atoms with van der Waals surface area (Å²) in [5.41, 5.74) is 4.05. The SMILES string of the molecule is C=CCc1cc(C(C)(C)c2ccc(OCC(O)COC(=O)CCCCCCCCCCC(=O)OCC(O)CC)c(CC=C)c2)ccc1OC. The molecular weight excluding hydrogens is 620 g/mol. The van der Waals surface area contributed by atoms with Gasteiger partial charge in [-0.3, -0.25) is 9.59 Å². The number of rotatable bonds is 26. The fourth-order valence-electron chi connectivity index (χ4n) is 5.55. The van der Waals surface area contributed by atoms with E-state index in [-0.39, 0.29) is 37.2 Å². The maximum Gasteiger partial charge on any atom is 0.305 e. The predicted octanol–water partition coefficient (Wildman–Crippen LogP) is 7.98. The quantitative estimate of drug-likeness (QED) is 0.0585. The van der Waals surface area contributed by atoms with Crippen molar-refractivity contribution < 1.29 is 38.7 Å². The van der Waals surface area contributed by atoms with Crippen molar-refractivity contribution in [2.45, 2.75) is 122 Å². The van der Waals surface area contributed by atoms with Gasteiger partial charge in [0.25, 0.3) is 0 Å². The number of allylic oxidation sites excluding steroid dienone is 2. The molecule has 2 N–H and O–H groups in total. The summed E-state index contributed by atoms with van der Waals surface area (Å²) in [5, 5.41) is 19.9. The Morgan fingerprint density at radius 3 is 1.63 bits per heavy atom. The Balaban J connectivity index is 1.70. The summed E-state index contributed by atoms with van der Waals surface area (Å²) in [4.78, 5) is 23.9. The van der Waals surface area contributed by atoms with Gasteiger partial charge in [-0.15, -0.1) is 13.2 Å². The van der Waals surface area contributed by atoms with Crippen LogP contribution in [-0.2, 0) is 37.3 Å². The van der Waals surface area contributed by atoms with Crippen LogP contribution in [0, 0.1) is 0 Å². The fourth-order valence-corrected chi connectivity index (χ4v) is 5.55. The van der Waals surface area contributed by atoms with E-state index < -0.39 is 12.2 Å². The van der Waals surface area contributed by atoms with E-state index in [4.69, 9.17) is 18.9 Å². The Kier molecular flexibility index (Phi) is 19.4. The van der Waals surface area contributed by atoms with E-state index in [0.717, 1.165) is 85.8 Å². The molecule has 0 aliphatic rings. The molecule has 2 aromatic carbocycles. The predicted molar refractivity (Wildman–Crippen MR) is 195 cm³/mol. The second kappa shape index (κ2) is 22.9. The monoisotopic (exact) mass is 680 g/mol. The molecule has 2 rings (SSSR count). The number of aliphatic hydroxyl groups is 2. The minimum absolute atomic E-state index is 0.00667. The van der Waals surface area contributed by atoms with Crippen LogP contribution in [0.4, 0.5) is 0 Å². The van der Waals surface area contributed by atoms with Crippen LogP contribution in [0.3, 0.4) is 0 Å². The van der Waals surface area contributed by atoms with Gasteiger partial charge in [-0.1, -0.05) is 95.7 Å². The lowest BCUT2D eigenvalue weighted by Crippen LogP contribution is -2.25. The zero-order chi connectivity index (χ0) is 36.1. The van der Waals surface area contributed by atoms with Gasteiger partial charge in [0.1, 0.15) is 37.4 Å². The molecule has 0 aliphatic heterocycles. The Hall–Kier alpha value is -3.62. The molecule has 2 atom stereocenters. The van der Waals surface area contributed by atoms with Gasteiger partial charge in [0.15, 0.2) is 0 Å². The summed E-state index contributed by atoms with van der Waals surface area (Å²) in [5.74, 6) is 0.953. The lowest BCUT2D eigenvalue weighted by atomic mass is 9.77. The van der Waals surface area contributed by atoms with Crippen LogP contribution in [0.1, 0.15) is 114 Å². The Morgan fingerprint density at radius 2 is 1.16 bits per heavy atom. The van der Waals surface area contributed by atoms with Crippen LogP contribution < -0.4 is 9.47 Å². The van der Waals surface area contributed by atoms with Crippen LogP contribution in [0.2, 0.25) is 0 Å². The van der Waals surface area contributed by atoms with Gasteiger partial charge in [0.2, 0.25) is 0 Å². The fraction of sp³-hybridized carbons (Fsp3) is 0.561. The molecule has 0 aliphatic carbocycles. The number of carbonyl (C=O) groups is 2. The number of unbranched alkanes of at least 4 members (excludes halogenated alkanes) is 7. The summed E-state index contributed by atoms with van der Waals surface area (Å²) in [7, 11) is 1.68. The number of ether oxygens (including phenoxy) is 4. The van der Waals surface area contributed by atoms with E-state index in [2.05, 4.69) is 45.2 Å². The van der Waals surface area contributed by atoms with Gasteiger partial charge < -0.3 is 29.2 Å². The molecule has 0 saturated heterocycles. The molecule has 0 spiro atoms. The molecule has 0 saturated carbocycles. The zero-order valence-electron chi connectivity index (χ0n) is 30.3. The van der Waals surface area contributed by atoms with Gasteiger partial charge in [-0.2, -0.15) is 0 Å². The molecule has 0 bridgehead atoms. The van der Waals surface area contributed by atoms with Crippen LogP contribution in [0.15, 0.2) is 61.7 Å². The van der Waals surface area contributed by atoms with Gasteiger partial charge >= 0.3 is 11.9 Å². The molecule has 0 fully saturated rings. The lowest BCUT2D eigenvalue weighted by Gasteiger charge is -2.28. The average molecular weight is 681 g/mol. The van der Waals surface area contributed by atoms with Crippen molar-refractivity contribution in [3.63, 3.8) is 0 Å². The van der Waals surface area contributed by atoms with Gasteiger partial charge in [-0.25, -0.2) is 0 Å². The highest BCUT2D eigenvalue weighted by Crippen LogP contribution is 2.36. The van der Waals surface area contributed by atoms with E-state index >= 15 is 0 Å². The molecule has 0 radical (unpaired) electrons. The summed E-state index contributed by atoms with van der Waals surface area (Å²) < 4.78 is 21.9. The number of carbonyl (C=O) groups excluding carboxylic acids is 2. The van der Waals surface area contributed by atoms with Crippen LogP contribution >= 0.6 is 0 Å². The minimum Gasteiger partial charge on any atom is -0.496 e. The van der Waals surface area contributed by atoms with Crippen LogP contribution in [-0.4, -0.2) is 61.3 Å². The molecular formula is C41H60O8. The average Bonchev–Trinajstić information content (AvgIpc) is 3.09. The summed E-state index contributed by atoms with van der Waals surface area (Å²) in [6.45, 7) is 14.0. The number of aliphatic hydroxyl groups excluding tert-OH is 2. The first kappa shape index (κ1) is 41.6. The number of benzene rings is 2. The summed E-state index contributed by atoms with van der Waals surface area (Å²) >= 11 is 0. The lowest BCUT2D eigenvalue weighted by molar-refractivity contribution is -0.147. The van der Waals surface area contributed by atoms with Crippen molar-refractivity contribution >= 4 is 11.9 Å². The largest absolute Gasteiger partial charge is 0.496 e. The first-order valence-electron chi connectivity index (χ1n) is 17.9. The third kappa shape index (κ3) is 15.2. The first-order chi connectivity index (χ1) is 23.5. The molecule has 8 nitrogen and oxygen atoms in total. The second-order valence-electron chi connectivity index (χ2n) is 13.2. The van der Waals surface area contributed by atoms with E-state index in [1.165, 1.54) is 0 Å². The molecule has 8 heteroatoms. The van der Waals surface area contributed by atoms with Gasteiger partial charge in [-0.05, 0) is 66.5 Å². The first-order valence-corrected chi connectivity index (χ1v) is 17.9. The van der Waals surface area contributed by atoms with E-state index in [0.29, 0.717) is 31.4 Å². The Bertz CT molecular complexity index is 1300. The maximum atomic E-state index is 12.2. The summed E-state index contributed by atoms with van der Waals surface area (Å²) in [6.07, 6.45) is 12.6. The molecule has 49 heavy (non-hydrogen) atoms. The van der Waals surface area contributed by atoms with E-state index in [9.17, 15) is 19.8 Å². The maximum absolute atomic E-state index is 12.2. The van der Waals surface area contributed by atoms with Crippen molar-refractivity contribution in [2.24, 2.45) is 0 Å². The highest BCUT2D eigenvalue weighted by Gasteiger charge is 2.25. The third-order valence-corrected chi connectivity index (χ3v) is 8.80. The molecule has 0 aromatic heterocycles. The van der Waals surface area contributed by atoms with E-state index in [1.54, 1.807) is 7.11 Å². The number of hydrogen-bond donors (Lipinski definition) is 2. The van der Waals surface area contributed by atoms with Crippen LogP contribution in [0.25, 0.3) is 0 Å². The van der Waals surface area contributed by atoms with E-state index in [1.807, 2.05) is 37.3 Å². The van der Waals surface area contributed by atoms with Crippen molar-refractivity contribution in [1.82, 2.24) is 0 Å². The topological polar surface area (TPSA) is 112 Å². The third-order valence-electron chi connectivity index (χ3n) is 8.80. The van der Waals surface area contributed by atoms with Crippen molar-refractivity contribution in [2.75, 3.05) is 26.9 Å². The van der Waals surface area contributed by atoms with Crippen molar-refractivity contribution in [3.8, 4) is 11.5 Å². The van der Waals surface area contributed by atoms with Gasteiger partial charge in [0.05, 0.1) is 13.2 Å². The summed E-state index contributed by atoms with van der Waals surface area (Å²) in [6, 6.07) is 12.4. The highest BCUT2D eigenvalue weighted by atomic mass is 16.6. The Morgan fingerprint density at radius 1 is 0.714 bits per heavy atom.